The Morgan fingerprint density at radius 3 is 2.26 bits per heavy atom. The smallest absolute Gasteiger partial charge is 0.294 e. The Morgan fingerprint density at radius 2 is 1.57 bits per heavy atom. The minimum absolute atomic E-state index is 0.131. The average Bonchev–Trinajstić information content (AvgIpc) is 3.82. The third-order valence-corrected chi connectivity index (χ3v) is 8.31. The van der Waals surface area contributed by atoms with Crippen molar-refractivity contribution in [2.75, 3.05) is 0 Å². The molecule has 0 saturated heterocycles. The second-order valence-electron chi connectivity index (χ2n) is 8.76. The summed E-state index contributed by atoms with van der Waals surface area (Å²) in [6.45, 7) is 0. The molecule has 0 atom stereocenters. The maximum Gasteiger partial charge on any atom is 0.294 e. The Bertz CT molecular complexity index is 1840. The summed E-state index contributed by atoms with van der Waals surface area (Å²) in [7, 11) is 1.84. The van der Waals surface area contributed by atoms with Gasteiger partial charge in [-0.05, 0) is 83.6 Å². The van der Waals surface area contributed by atoms with Gasteiger partial charge in [0.2, 0.25) is 0 Å². The van der Waals surface area contributed by atoms with Crippen LogP contribution in [0.1, 0.15) is 42.0 Å². The molecule has 5 heterocycles. The van der Waals surface area contributed by atoms with Gasteiger partial charge in [-0.3, -0.25) is 9.59 Å². The molecule has 0 fully saturated rings. The Balaban J connectivity index is 0.000000169. The largest absolute Gasteiger partial charge is 0.347 e. The number of thiophene rings is 2. The Hall–Kier alpha value is -4.28. The quantitative estimate of drug-likeness (QED) is 0.185. The van der Waals surface area contributed by atoms with Crippen molar-refractivity contribution in [3.8, 4) is 0 Å². The van der Waals surface area contributed by atoms with E-state index in [-0.39, 0.29) is 11.8 Å². The van der Waals surface area contributed by atoms with Crippen LogP contribution in [-0.2, 0) is 7.05 Å². The monoisotopic (exact) mass is 631 g/mol. The summed E-state index contributed by atoms with van der Waals surface area (Å²) in [5.41, 5.74) is 2.75. The fourth-order valence-electron chi connectivity index (χ4n) is 3.85. The third-order valence-electron chi connectivity index (χ3n) is 5.96. The number of halogens is 2. The predicted molar refractivity (Wildman–Crippen MR) is 172 cm³/mol. The highest BCUT2D eigenvalue weighted by Gasteiger charge is 2.13. The summed E-state index contributed by atoms with van der Waals surface area (Å²) in [6, 6.07) is 20.2. The van der Waals surface area contributed by atoms with Crippen molar-refractivity contribution in [1.29, 1.82) is 0 Å². The number of rotatable bonds is 6. The SMILES string of the molecule is Cn1cccc1C(=O)n1ccc(/C=C/c2cccs2)n1.O=C(c1cccs1)n1nccc1/C=C/c1c(Cl)cccc1Cl. The number of hydrogen-bond donors (Lipinski definition) is 0. The molecule has 7 nitrogen and oxygen atoms in total. The molecule has 0 bridgehead atoms. The maximum absolute atomic E-state index is 12.4. The van der Waals surface area contributed by atoms with Crippen LogP contribution in [0.3, 0.4) is 0 Å². The van der Waals surface area contributed by atoms with E-state index in [1.807, 2.05) is 66.5 Å². The predicted octanol–water partition coefficient (Wildman–Crippen LogP) is 8.25. The van der Waals surface area contributed by atoms with E-state index < -0.39 is 0 Å². The van der Waals surface area contributed by atoms with Gasteiger partial charge in [0.05, 0.1) is 22.5 Å². The number of carbonyl (C=O) groups excluding carboxylic acids is 2. The molecule has 5 aromatic heterocycles. The topological polar surface area (TPSA) is 74.7 Å². The fraction of sp³-hybridized carbons (Fsp3) is 0.0323. The summed E-state index contributed by atoms with van der Waals surface area (Å²) >= 11 is 15.3. The van der Waals surface area contributed by atoms with Crippen molar-refractivity contribution in [3.63, 3.8) is 0 Å². The molecule has 6 rings (SSSR count). The van der Waals surface area contributed by atoms with Crippen LogP contribution in [0.4, 0.5) is 0 Å². The highest BCUT2D eigenvalue weighted by Crippen LogP contribution is 2.26. The van der Waals surface area contributed by atoms with Crippen LogP contribution in [-0.4, -0.2) is 35.9 Å². The van der Waals surface area contributed by atoms with Crippen LogP contribution in [0.25, 0.3) is 24.3 Å². The number of aryl methyl sites for hydroxylation is 1. The van der Waals surface area contributed by atoms with Crippen LogP contribution in [0.5, 0.6) is 0 Å². The summed E-state index contributed by atoms with van der Waals surface area (Å²) in [5.74, 6) is -0.293. The van der Waals surface area contributed by atoms with E-state index >= 15 is 0 Å². The second-order valence-corrected chi connectivity index (χ2v) is 11.5. The van der Waals surface area contributed by atoms with Crippen molar-refractivity contribution in [2.45, 2.75) is 0 Å². The van der Waals surface area contributed by atoms with Gasteiger partial charge < -0.3 is 4.57 Å². The third kappa shape index (κ3) is 6.95. The van der Waals surface area contributed by atoms with E-state index in [0.717, 1.165) is 10.6 Å². The lowest BCUT2D eigenvalue weighted by atomic mass is 10.2. The first kappa shape index (κ1) is 29.2. The van der Waals surface area contributed by atoms with Crippen molar-refractivity contribution < 1.29 is 9.59 Å². The van der Waals surface area contributed by atoms with Gasteiger partial charge in [-0.2, -0.15) is 14.9 Å². The van der Waals surface area contributed by atoms with Crippen LogP contribution in [0.2, 0.25) is 10.0 Å². The van der Waals surface area contributed by atoms with E-state index in [0.29, 0.717) is 31.9 Å². The molecule has 0 unspecified atom stereocenters. The zero-order valence-corrected chi connectivity index (χ0v) is 25.3. The van der Waals surface area contributed by atoms with E-state index in [2.05, 4.69) is 10.2 Å². The van der Waals surface area contributed by atoms with E-state index in [9.17, 15) is 9.59 Å². The van der Waals surface area contributed by atoms with Crippen molar-refractivity contribution in [3.05, 3.63) is 139 Å². The minimum Gasteiger partial charge on any atom is -0.347 e. The lowest BCUT2D eigenvalue weighted by Crippen LogP contribution is -2.15. The first-order chi connectivity index (χ1) is 20.4. The van der Waals surface area contributed by atoms with Gasteiger partial charge in [0.25, 0.3) is 11.8 Å². The molecule has 0 radical (unpaired) electrons. The summed E-state index contributed by atoms with van der Waals surface area (Å²) in [6.07, 6.45) is 12.5. The highest BCUT2D eigenvalue weighted by atomic mass is 35.5. The van der Waals surface area contributed by atoms with E-state index in [4.69, 9.17) is 23.2 Å². The van der Waals surface area contributed by atoms with E-state index in [1.165, 1.54) is 20.7 Å². The summed E-state index contributed by atoms with van der Waals surface area (Å²) < 4.78 is 4.50. The first-order valence-corrected chi connectivity index (χ1v) is 15.1. The Kier molecular flexibility index (Phi) is 9.45. The van der Waals surface area contributed by atoms with Crippen LogP contribution in [0, 0.1) is 0 Å². The van der Waals surface area contributed by atoms with Gasteiger partial charge in [-0.1, -0.05) is 41.4 Å². The molecule has 0 aliphatic heterocycles. The zero-order valence-electron chi connectivity index (χ0n) is 22.2. The maximum atomic E-state index is 12.4. The molecule has 0 aliphatic rings. The summed E-state index contributed by atoms with van der Waals surface area (Å²) in [4.78, 5) is 26.4. The van der Waals surface area contributed by atoms with Crippen molar-refractivity contribution >= 4 is 82.0 Å². The molecule has 0 aliphatic carbocycles. The molecule has 210 valence electrons. The first-order valence-electron chi connectivity index (χ1n) is 12.6. The zero-order chi connectivity index (χ0) is 29.5. The lowest BCUT2D eigenvalue weighted by Gasteiger charge is -2.03. The molecule has 0 N–H and O–H groups in total. The molecule has 0 saturated carbocycles. The van der Waals surface area contributed by atoms with Gasteiger partial charge in [-0.15, -0.1) is 22.7 Å². The van der Waals surface area contributed by atoms with Crippen LogP contribution < -0.4 is 0 Å². The highest BCUT2D eigenvalue weighted by molar-refractivity contribution is 7.12. The van der Waals surface area contributed by atoms with Gasteiger partial charge in [0.15, 0.2) is 0 Å². The van der Waals surface area contributed by atoms with Crippen molar-refractivity contribution in [2.24, 2.45) is 7.05 Å². The molecule has 1 aromatic carbocycles. The normalized spacial score (nSPS) is 11.2. The molecule has 0 amide bonds. The second kappa shape index (κ2) is 13.6. The molecule has 42 heavy (non-hydrogen) atoms. The molecular formula is C31H23Cl2N5O2S2. The molecule has 11 heteroatoms. The number of carbonyl (C=O) groups is 2. The molecule has 0 spiro atoms. The average molecular weight is 633 g/mol. The van der Waals surface area contributed by atoms with Gasteiger partial charge in [0, 0.05) is 39.9 Å². The number of benzene rings is 1. The number of nitrogens with zero attached hydrogens (tertiary/aromatic N) is 5. The lowest BCUT2D eigenvalue weighted by molar-refractivity contribution is 0.0933. The number of aromatic nitrogens is 5. The Labute approximate surface area is 260 Å². The number of hydrogen-bond acceptors (Lipinski definition) is 6. The van der Waals surface area contributed by atoms with Crippen molar-refractivity contribution in [1.82, 2.24) is 24.1 Å². The van der Waals surface area contributed by atoms with E-state index in [1.54, 1.807) is 76.8 Å². The van der Waals surface area contributed by atoms with Gasteiger partial charge >= 0.3 is 0 Å². The minimum atomic E-state index is -0.162. The van der Waals surface area contributed by atoms with Crippen LogP contribution >= 0.6 is 45.9 Å². The summed E-state index contributed by atoms with van der Waals surface area (Å²) in [5, 5.41) is 13.4. The van der Waals surface area contributed by atoms with Gasteiger partial charge in [0.1, 0.15) is 5.69 Å². The Morgan fingerprint density at radius 1 is 0.786 bits per heavy atom. The molecular weight excluding hydrogens is 609 g/mol. The van der Waals surface area contributed by atoms with Crippen LogP contribution in [0.15, 0.2) is 96.1 Å². The van der Waals surface area contributed by atoms with Gasteiger partial charge in [-0.25, -0.2) is 4.68 Å². The fourth-order valence-corrected chi connectivity index (χ4v) is 5.64. The standard InChI is InChI=1S/C16H10Cl2N2OS.C15H13N3OS/c17-13-3-1-4-14(18)12(13)7-6-11-8-9-19-20(11)16(21)15-5-2-10-22-15;1-17-9-2-5-14(17)15(19)18-10-8-12(16-18)6-7-13-4-3-11-20-13/h1-10H;2-11H,1H3/b2*7-6+. The molecule has 6 aromatic rings.